The van der Waals surface area contributed by atoms with Gasteiger partial charge in [-0.1, -0.05) is 72.8 Å². The summed E-state index contributed by atoms with van der Waals surface area (Å²) in [5.41, 5.74) is 4.04. The first-order valence-electron chi connectivity index (χ1n) is 10.2. The normalized spacial score (nSPS) is 10.5. The number of anilines is 1. The molecule has 5 heteroatoms. The second kappa shape index (κ2) is 9.76. The number of ether oxygens (including phenoxy) is 2. The summed E-state index contributed by atoms with van der Waals surface area (Å²) < 4.78 is 12.0. The van der Waals surface area contributed by atoms with Gasteiger partial charge in [0, 0.05) is 20.3 Å². The Labute approximate surface area is 182 Å². The van der Waals surface area contributed by atoms with Crippen LogP contribution in [0.25, 0.3) is 11.1 Å². The first-order chi connectivity index (χ1) is 15.2. The predicted molar refractivity (Wildman–Crippen MR) is 123 cm³/mol. The van der Waals surface area contributed by atoms with Crippen LogP contribution in [0.5, 0.6) is 11.6 Å². The van der Waals surface area contributed by atoms with Gasteiger partial charge in [-0.3, -0.25) is 0 Å². The lowest BCUT2D eigenvalue weighted by Gasteiger charge is -2.15. The van der Waals surface area contributed by atoms with Crippen molar-refractivity contribution in [3.63, 3.8) is 0 Å². The fourth-order valence-corrected chi connectivity index (χ4v) is 3.08. The number of hydrogen-bond acceptors (Lipinski definition) is 5. The van der Waals surface area contributed by atoms with Crippen molar-refractivity contribution >= 4 is 5.95 Å². The molecule has 156 valence electrons. The lowest BCUT2D eigenvalue weighted by atomic mass is 10.1. The summed E-state index contributed by atoms with van der Waals surface area (Å²) in [7, 11) is 3.82. The summed E-state index contributed by atoms with van der Waals surface area (Å²) in [6.07, 6.45) is 1.81. The van der Waals surface area contributed by atoms with E-state index >= 15 is 0 Å². The molecule has 0 aliphatic heterocycles. The van der Waals surface area contributed by atoms with Crippen molar-refractivity contribution < 1.29 is 9.47 Å². The van der Waals surface area contributed by atoms with E-state index < -0.39 is 0 Å². The minimum Gasteiger partial charge on any atom is -0.489 e. The molecule has 0 atom stereocenters. The molecule has 5 nitrogen and oxygen atoms in total. The second-order valence-electron chi connectivity index (χ2n) is 7.36. The first kappa shape index (κ1) is 20.4. The standard InChI is InChI=1S/C26H25N3O2/c1-29(2)26-27-17-24(25(28-26)31-19-21-11-7-4-8-12-21)22-13-15-23(16-14-22)30-18-20-9-5-3-6-10-20/h3-17H,18-19H2,1-2H3. The van der Waals surface area contributed by atoms with Gasteiger partial charge in [0.2, 0.25) is 11.8 Å². The molecule has 4 aromatic rings. The molecular formula is C26H25N3O2. The average molecular weight is 412 g/mol. The number of nitrogens with zero attached hydrogens (tertiary/aromatic N) is 3. The minimum absolute atomic E-state index is 0.440. The third-order valence-corrected chi connectivity index (χ3v) is 4.77. The molecule has 0 aliphatic carbocycles. The van der Waals surface area contributed by atoms with E-state index in [1.807, 2.05) is 110 Å². The maximum absolute atomic E-state index is 6.09. The van der Waals surface area contributed by atoms with Crippen molar-refractivity contribution in [3.05, 3.63) is 102 Å². The predicted octanol–water partition coefficient (Wildman–Crippen LogP) is 5.37. The van der Waals surface area contributed by atoms with Gasteiger partial charge >= 0.3 is 0 Å². The van der Waals surface area contributed by atoms with Gasteiger partial charge in [-0.25, -0.2) is 4.98 Å². The summed E-state index contributed by atoms with van der Waals surface area (Å²) in [6, 6.07) is 28.1. The van der Waals surface area contributed by atoms with Gasteiger partial charge in [0.05, 0.1) is 5.56 Å². The molecule has 0 saturated heterocycles. The number of aromatic nitrogens is 2. The third-order valence-electron chi connectivity index (χ3n) is 4.77. The Morgan fingerprint density at radius 1 is 0.710 bits per heavy atom. The SMILES string of the molecule is CN(C)c1ncc(-c2ccc(OCc3ccccc3)cc2)c(OCc2ccccc2)n1. The smallest absolute Gasteiger partial charge is 0.228 e. The summed E-state index contributed by atoms with van der Waals surface area (Å²) >= 11 is 0. The quantitative estimate of drug-likeness (QED) is 0.390. The summed E-state index contributed by atoms with van der Waals surface area (Å²) in [5.74, 6) is 1.97. The van der Waals surface area contributed by atoms with Crippen LogP contribution in [0.4, 0.5) is 5.95 Å². The molecule has 1 heterocycles. The van der Waals surface area contributed by atoms with Crippen LogP contribution in [0.2, 0.25) is 0 Å². The fraction of sp³-hybridized carbons (Fsp3) is 0.154. The van der Waals surface area contributed by atoms with Crippen molar-refractivity contribution in [3.8, 4) is 22.8 Å². The maximum Gasteiger partial charge on any atom is 0.228 e. The molecule has 0 spiro atoms. The monoisotopic (exact) mass is 411 g/mol. The average Bonchev–Trinajstić information content (AvgIpc) is 2.83. The third kappa shape index (κ3) is 5.39. The molecule has 0 N–H and O–H groups in total. The van der Waals surface area contributed by atoms with Crippen LogP contribution in [-0.2, 0) is 13.2 Å². The van der Waals surface area contributed by atoms with E-state index in [0.717, 1.165) is 28.0 Å². The lowest BCUT2D eigenvalue weighted by Crippen LogP contribution is -2.13. The van der Waals surface area contributed by atoms with Crippen molar-refractivity contribution in [2.24, 2.45) is 0 Å². The molecule has 3 aromatic carbocycles. The van der Waals surface area contributed by atoms with Gasteiger partial charge in [0.25, 0.3) is 0 Å². The van der Waals surface area contributed by atoms with Gasteiger partial charge in [0.1, 0.15) is 19.0 Å². The minimum atomic E-state index is 0.440. The summed E-state index contributed by atoms with van der Waals surface area (Å²) in [4.78, 5) is 11.0. The zero-order valence-electron chi connectivity index (χ0n) is 17.7. The van der Waals surface area contributed by atoms with Crippen molar-refractivity contribution in [1.82, 2.24) is 9.97 Å². The van der Waals surface area contributed by atoms with Crippen molar-refractivity contribution in [2.45, 2.75) is 13.2 Å². The Balaban J connectivity index is 1.53. The highest BCUT2D eigenvalue weighted by molar-refractivity contribution is 5.69. The zero-order chi connectivity index (χ0) is 21.5. The van der Waals surface area contributed by atoms with Gasteiger partial charge in [-0.2, -0.15) is 4.98 Å². The van der Waals surface area contributed by atoms with Crippen LogP contribution in [-0.4, -0.2) is 24.1 Å². The zero-order valence-corrected chi connectivity index (χ0v) is 17.7. The van der Waals surface area contributed by atoms with Crippen molar-refractivity contribution in [1.29, 1.82) is 0 Å². The Morgan fingerprint density at radius 2 is 1.29 bits per heavy atom. The van der Waals surface area contributed by atoms with E-state index in [1.165, 1.54) is 0 Å². The fourth-order valence-electron chi connectivity index (χ4n) is 3.08. The molecule has 31 heavy (non-hydrogen) atoms. The van der Waals surface area contributed by atoms with Gasteiger partial charge < -0.3 is 14.4 Å². The van der Waals surface area contributed by atoms with E-state index in [1.54, 1.807) is 0 Å². The van der Waals surface area contributed by atoms with Crippen LogP contribution in [0, 0.1) is 0 Å². The van der Waals surface area contributed by atoms with Gasteiger partial charge in [-0.15, -0.1) is 0 Å². The molecule has 0 aliphatic rings. The highest BCUT2D eigenvalue weighted by Gasteiger charge is 2.13. The number of benzene rings is 3. The van der Waals surface area contributed by atoms with E-state index in [0.29, 0.717) is 25.0 Å². The Kier molecular flexibility index (Phi) is 6.43. The number of rotatable bonds is 8. The van der Waals surface area contributed by atoms with Gasteiger partial charge in [0.15, 0.2) is 0 Å². The van der Waals surface area contributed by atoms with E-state index in [9.17, 15) is 0 Å². The molecule has 1 aromatic heterocycles. The molecular weight excluding hydrogens is 386 g/mol. The molecule has 0 amide bonds. The van der Waals surface area contributed by atoms with Crippen LogP contribution < -0.4 is 14.4 Å². The molecule has 0 bridgehead atoms. The van der Waals surface area contributed by atoms with Crippen LogP contribution >= 0.6 is 0 Å². The highest BCUT2D eigenvalue weighted by atomic mass is 16.5. The summed E-state index contributed by atoms with van der Waals surface area (Å²) in [5, 5.41) is 0. The maximum atomic E-state index is 6.09. The van der Waals surface area contributed by atoms with E-state index in [-0.39, 0.29) is 0 Å². The molecule has 0 fully saturated rings. The first-order valence-corrected chi connectivity index (χ1v) is 10.2. The topological polar surface area (TPSA) is 47.5 Å². The van der Waals surface area contributed by atoms with E-state index in [4.69, 9.17) is 9.47 Å². The molecule has 0 radical (unpaired) electrons. The Bertz CT molecular complexity index is 1100. The molecule has 4 rings (SSSR count). The van der Waals surface area contributed by atoms with Crippen LogP contribution in [0.1, 0.15) is 11.1 Å². The highest BCUT2D eigenvalue weighted by Crippen LogP contribution is 2.31. The Hall–Kier alpha value is -3.86. The van der Waals surface area contributed by atoms with E-state index in [2.05, 4.69) is 9.97 Å². The van der Waals surface area contributed by atoms with Crippen LogP contribution in [0.3, 0.4) is 0 Å². The Morgan fingerprint density at radius 3 is 1.87 bits per heavy atom. The van der Waals surface area contributed by atoms with Gasteiger partial charge in [-0.05, 0) is 28.8 Å². The number of hydrogen-bond donors (Lipinski definition) is 0. The largest absolute Gasteiger partial charge is 0.489 e. The van der Waals surface area contributed by atoms with Crippen LogP contribution in [0.15, 0.2) is 91.1 Å². The van der Waals surface area contributed by atoms with Crippen molar-refractivity contribution in [2.75, 3.05) is 19.0 Å². The summed E-state index contributed by atoms with van der Waals surface area (Å²) in [6.45, 7) is 0.974. The lowest BCUT2D eigenvalue weighted by molar-refractivity contribution is 0.295. The molecule has 0 saturated carbocycles. The molecule has 0 unspecified atom stereocenters. The second-order valence-corrected chi connectivity index (χ2v) is 7.36.